The number of amides is 2. The zero-order valence-corrected chi connectivity index (χ0v) is 22.6. The Morgan fingerprint density at radius 2 is 1.58 bits per heavy atom. The highest BCUT2D eigenvalue weighted by molar-refractivity contribution is 5.99. The van der Waals surface area contributed by atoms with Gasteiger partial charge in [-0.1, -0.05) is 78.6 Å². The molecule has 0 spiro atoms. The van der Waals surface area contributed by atoms with Crippen LogP contribution in [-0.4, -0.2) is 55.0 Å². The van der Waals surface area contributed by atoms with Gasteiger partial charge >= 0.3 is 5.97 Å². The first-order valence-corrected chi connectivity index (χ1v) is 13.9. The first-order chi connectivity index (χ1) is 17.4. The normalized spacial score (nSPS) is 15.6. The third-order valence-corrected chi connectivity index (χ3v) is 6.40. The lowest BCUT2D eigenvalue weighted by molar-refractivity contribution is -0.147. The highest BCUT2D eigenvalue weighted by Gasteiger charge is 2.35. The number of nitrogens with zero attached hydrogens (tertiary/aromatic N) is 1. The van der Waals surface area contributed by atoms with Crippen molar-refractivity contribution in [3.63, 3.8) is 0 Å². The van der Waals surface area contributed by atoms with Crippen LogP contribution in [0.25, 0.3) is 0 Å². The first kappa shape index (κ1) is 29.7. The molecule has 1 saturated heterocycles. The summed E-state index contributed by atoms with van der Waals surface area (Å²) in [5.74, 6) is 0.0749. The quantitative estimate of drug-likeness (QED) is 0.224. The molecule has 1 aliphatic heterocycles. The lowest BCUT2D eigenvalue weighted by atomic mass is 10.1. The molecule has 2 rings (SSSR count). The van der Waals surface area contributed by atoms with Crippen molar-refractivity contribution in [1.82, 2.24) is 10.2 Å². The third kappa shape index (κ3) is 11.0. The Morgan fingerprint density at radius 1 is 0.972 bits per heavy atom. The van der Waals surface area contributed by atoms with Crippen molar-refractivity contribution in [3.05, 3.63) is 29.8 Å². The summed E-state index contributed by atoms with van der Waals surface area (Å²) in [6.45, 7) is 8.05. The maximum atomic E-state index is 13.1. The number of carbonyl (C=O) groups is 3. The molecule has 0 saturated carbocycles. The van der Waals surface area contributed by atoms with Gasteiger partial charge in [-0.25, -0.2) is 0 Å². The number of esters is 1. The van der Waals surface area contributed by atoms with E-state index in [-0.39, 0.29) is 18.2 Å². The van der Waals surface area contributed by atoms with E-state index in [1.165, 1.54) is 49.8 Å². The fourth-order valence-electron chi connectivity index (χ4n) is 4.28. The number of ether oxygens (including phenoxy) is 2. The third-order valence-electron chi connectivity index (χ3n) is 6.40. The largest absolute Gasteiger partial charge is 0.493 e. The molecule has 1 aromatic carbocycles. The average Bonchev–Trinajstić information content (AvgIpc) is 2.87. The molecular formula is C29H46N2O5. The number of piperazine rings is 1. The topological polar surface area (TPSA) is 84.9 Å². The lowest BCUT2D eigenvalue weighted by Gasteiger charge is -2.34. The van der Waals surface area contributed by atoms with Crippen molar-refractivity contribution in [3.8, 4) is 5.75 Å². The van der Waals surface area contributed by atoms with Crippen LogP contribution in [0.3, 0.4) is 0 Å². The average molecular weight is 503 g/mol. The van der Waals surface area contributed by atoms with Gasteiger partial charge in [-0.15, -0.1) is 0 Å². The summed E-state index contributed by atoms with van der Waals surface area (Å²) in [6.07, 6.45) is 12.0. The van der Waals surface area contributed by atoms with E-state index in [1.807, 2.05) is 0 Å². The molecule has 1 N–H and O–H groups in total. The standard InChI is InChI=1S/C29H46N2O5/c1-4-5-6-7-8-9-10-11-12-13-20-35-27(32)21-26-28(33)30-18-19-31(26)29(34)24-14-16-25(17-15-24)36-22-23(2)3/h14-17,23,26H,4-13,18-22H2,1-3H3,(H,30,33). The van der Waals surface area contributed by atoms with Crippen LogP contribution in [0.1, 0.15) is 102 Å². The van der Waals surface area contributed by atoms with Crippen LogP contribution in [0.4, 0.5) is 0 Å². The monoisotopic (exact) mass is 502 g/mol. The molecule has 7 nitrogen and oxygen atoms in total. The number of carbonyl (C=O) groups excluding carboxylic acids is 3. The molecule has 1 aromatic rings. The summed E-state index contributed by atoms with van der Waals surface area (Å²) in [5.41, 5.74) is 0.463. The van der Waals surface area contributed by atoms with E-state index in [1.54, 1.807) is 24.3 Å². The van der Waals surface area contributed by atoms with Crippen molar-refractivity contribution in [2.45, 2.75) is 97.4 Å². The van der Waals surface area contributed by atoms with Gasteiger partial charge in [0.05, 0.1) is 19.6 Å². The molecule has 2 amide bonds. The van der Waals surface area contributed by atoms with E-state index < -0.39 is 12.0 Å². The molecule has 1 atom stereocenters. The first-order valence-electron chi connectivity index (χ1n) is 13.9. The number of unbranched alkanes of at least 4 members (excludes halogenated alkanes) is 9. The second kappa shape index (κ2) is 17.0. The molecular weight excluding hydrogens is 456 g/mol. The molecule has 1 heterocycles. The highest BCUT2D eigenvalue weighted by Crippen LogP contribution is 2.18. The molecule has 0 bridgehead atoms. The summed E-state index contributed by atoms with van der Waals surface area (Å²) in [6, 6.07) is 6.06. The van der Waals surface area contributed by atoms with Gasteiger partial charge in [-0.3, -0.25) is 14.4 Å². The lowest BCUT2D eigenvalue weighted by Crippen LogP contribution is -2.57. The van der Waals surface area contributed by atoms with Crippen LogP contribution in [0.2, 0.25) is 0 Å². The Hall–Kier alpha value is -2.57. The Kier molecular flexibility index (Phi) is 14.0. The van der Waals surface area contributed by atoms with Gasteiger partial charge in [0.25, 0.3) is 5.91 Å². The number of benzene rings is 1. The fraction of sp³-hybridized carbons (Fsp3) is 0.690. The summed E-state index contributed by atoms with van der Waals surface area (Å²) < 4.78 is 11.1. The van der Waals surface area contributed by atoms with Gasteiger partial charge in [-0.2, -0.15) is 0 Å². The SMILES string of the molecule is CCCCCCCCCCCCOC(=O)CC1C(=O)NCCN1C(=O)c1ccc(OCC(C)C)cc1. The van der Waals surface area contributed by atoms with Gasteiger partial charge in [0.15, 0.2) is 0 Å². The van der Waals surface area contributed by atoms with E-state index in [0.29, 0.717) is 43.5 Å². The van der Waals surface area contributed by atoms with Crippen LogP contribution in [0, 0.1) is 5.92 Å². The van der Waals surface area contributed by atoms with Crippen LogP contribution < -0.4 is 10.1 Å². The molecule has 0 radical (unpaired) electrons. The second-order valence-corrected chi connectivity index (χ2v) is 10.1. The van der Waals surface area contributed by atoms with Crippen molar-refractivity contribution in [2.75, 3.05) is 26.3 Å². The summed E-state index contributed by atoms with van der Waals surface area (Å²) in [7, 11) is 0. The van der Waals surface area contributed by atoms with Gasteiger partial charge in [0.1, 0.15) is 11.8 Å². The Labute approximate surface area is 217 Å². The predicted molar refractivity (Wildman–Crippen MR) is 142 cm³/mol. The number of hydrogen-bond donors (Lipinski definition) is 1. The molecule has 36 heavy (non-hydrogen) atoms. The Bertz CT molecular complexity index is 793. The molecule has 0 aliphatic carbocycles. The van der Waals surface area contributed by atoms with Crippen LogP contribution in [0.5, 0.6) is 5.75 Å². The smallest absolute Gasteiger partial charge is 0.308 e. The van der Waals surface area contributed by atoms with Crippen molar-refractivity contribution in [2.24, 2.45) is 5.92 Å². The van der Waals surface area contributed by atoms with Gasteiger partial charge in [0.2, 0.25) is 5.91 Å². The fourth-order valence-corrected chi connectivity index (χ4v) is 4.28. The highest BCUT2D eigenvalue weighted by atomic mass is 16.5. The van der Waals surface area contributed by atoms with E-state index in [0.717, 1.165) is 19.3 Å². The predicted octanol–water partition coefficient (Wildman–Crippen LogP) is 5.52. The molecule has 1 aliphatic rings. The summed E-state index contributed by atoms with van der Waals surface area (Å²) in [5, 5.41) is 2.76. The number of nitrogens with one attached hydrogen (secondary N) is 1. The van der Waals surface area contributed by atoms with Gasteiger partial charge in [0, 0.05) is 18.7 Å². The van der Waals surface area contributed by atoms with Gasteiger partial charge in [-0.05, 0) is 36.6 Å². The van der Waals surface area contributed by atoms with Crippen molar-refractivity contribution < 1.29 is 23.9 Å². The minimum Gasteiger partial charge on any atom is -0.493 e. The van der Waals surface area contributed by atoms with Crippen molar-refractivity contribution in [1.29, 1.82) is 0 Å². The zero-order valence-electron chi connectivity index (χ0n) is 22.6. The molecule has 0 aromatic heterocycles. The summed E-state index contributed by atoms with van der Waals surface area (Å²) >= 11 is 0. The maximum absolute atomic E-state index is 13.1. The minimum absolute atomic E-state index is 0.134. The molecule has 1 unspecified atom stereocenters. The maximum Gasteiger partial charge on any atom is 0.308 e. The Morgan fingerprint density at radius 3 is 2.19 bits per heavy atom. The summed E-state index contributed by atoms with van der Waals surface area (Å²) in [4.78, 5) is 39.5. The van der Waals surface area contributed by atoms with Crippen LogP contribution >= 0.6 is 0 Å². The number of hydrogen-bond acceptors (Lipinski definition) is 5. The van der Waals surface area contributed by atoms with E-state index in [9.17, 15) is 14.4 Å². The molecule has 1 fully saturated rings. The van der Waals surface area contributed by atoms with E-state index in [4.69, 9.17) is 9.47 Å². The second-order valence-electron chi connectivity index (χ2n) is 10.1. The molecule has 202 valence electrons. The van der Waals surface area contributed by atoms with E-state index in [2.05, 4.69) is 26.1 Å². The van der Waals surface area contributed by atoms with Crippen molar-refractivity contribution >= 4 is 17.8 Å². The van der Waals surface area contributed by atoms with Gasteiger partial charge < -0.3 is 19.7 Å². The Balaban J connectivity index is 1.73. The number of rotatable bonds is 17. The van der Waals surface area contributed by atoms with E-state index >= 15 is 0 Å². The van der Waals surface area contributed by atoms with Crippen LogP contribution in [0.15, 0.2) is 24.3 Å². The minimum atomic E-state index is -0.858. The zero-order chi connectivity index (χ0) is 26.2. The van der Waals surface area contributed by atoms with Crippen LogP contribution in [-0.2, 0) is 14.3 Å². The molecule has 7 heteroatoms.